The molecule has 5 nitrogen and oxygen atoms in total. The van der Waals surface area contributed by atoms with E-state index >= 15 is 0 Å². The third-order valence-corrected chi connectivity index (χ3v) is 4.40. The Balaban J connectivity index is 1.39. The van der Waals surface area contributed by atoms with Crippen molar-refractivity contribution in [2.45, 2.75) is 13.0 Å². The maximum atomic E-state index is 11.6. The molecule has 3 rings (SSSR count). The number of alkyl carbamates (subject to hydrolysis) is 1. The van der Waals surface area contributed by atoms with Crippen LogP contribution in [0.4, 0.5) is 9.93 Å². The minimum absolute atomic E-state index is 0.277. The number of fused-ring (bicyclic) bond motifs is 1. The SMILES string of the molecule is Nc1nc2cc(C=CCCNC(=O)OCc3ccccc3)ccc2s1. The average molecular weight is 353 g/mol. The quantitative estimate of drug-likeness (QED) is 0.651. The first-order valence-corrected chi connectivity index (χ1v) is 8.79. The summed E-state index contributed by atoms with van der Waals surface area (Å²) in [5.41, 5.74) is 8.65. The zero-order chi connectivity index (χ0) is 17.5. The lowest BCUT2D eigenvalue weighted by atomic mass is 10.2. The number of nitrogens with zero attached hydrogens (tertiary/aromatic N) is 1. The molecule has 0 atom stereocenters. The molecule has 128 valence electrons. The van der Waals surface area contributed by atoms with Crippen molar-refractivity contribution in [1.29, 1.82) is 0 Å². The maximum absolute atomic E-state index is 11.6. The minimum atomic E-state index is -0.406. The van der Waals surface area contributed by atoms with Gasteiger partial charge in [-0.05, 0) is 29.7 Å². The van der Waals surface area contributed by atoms with Crippen LogP contribution in [-0.4, -0.2) is 17.6 Å². The van der Waals surface area contributed by atoms with Crippen molar-refractivity contribution in [2.24, 2.45) is 0 Å². The largest absolute Gasteiger partial charge is 0.445 e. The number of nitrogens with one attached hydrogen (secondary N) is 1. The number of amides is 1. The lowest BCUT2D eigenvalue weighted by Crippen LogP contribution is -2.24. The van der Waals surface area contributed by atoms with Crippen molar-refractivity contribution in [3.8, 4) is 0 Å². The molecule has 25 heavy (non-hydrogen) atoms. The second-order valence-electron chi connectivity index (χ2n) is 5.46. The van der Waals surface area contributed by atoms with Crippen molar-refractivity contribution in [3.63, 3.8) is 0 Å². The van der Waals surface area contributed by atoms with E-state index in [-0.39, 0.29) is 6.61 Å². The topological polar surface area (TPSA) is 77.2 Å². The Hall–Kier alpha value is -2.86. The normalized spacial score (nSPS) is 11.0. The molecule has 1 heterocycles. The molecule has 0 spiro atoms. The Morgan fingerprint density at radius 2 is 2.08 bits per heavy atom. The Bertz CT molecular complexity index is 875. The summed E-state index contributed by atoms with van der Waals surface area (Å²) < 4.78 is 6.23. The van der Waals surface area contributed by atoms with Crippen LogP contribution in [0.15, 0.2) is 54.6 Å². The van der Waals surface area contributed by atoms with Crippen molar-refractivity contribution in [1.82, 2.24) is 10.3 Å². The van der Waals surface area contributed by atoms with Crippen LogP contribution in [0.3, 0.4) is 0 Å². The van der Waals surface area contributed by atoms with E-state index in [2.05, 4.69) is 10.3 Å². The molecule has 0 aliphatic carbocycles. The van der Waals surface area contributed by atoms with Gasteiger partial charge in [-0.2, -0.15) is 0 Å². The Kier molecular flexibility index (Phi) is 5.64. The second-order valence-corrected chi connectivity index (χ2v) is 6.52. The highest BCUT2D eigenvalue weighted by atomic mass is 32.1. The number of rotatable bonds is 6. The first kappa shape index (κ1) is 17.0. The van der Waals surface area contributed by atoms with E-state index in [1.54, 1.807) is 0 Å². The van der Waals surface area contributed by atoms with Crippen molar-refractivity contribution < 1.29 is 9.53 Å². The van der Waals surface area contributed by atoms with Crippen LogP contribution in [0.5, 0.6) is 0 Å². The van der Waals surface area contributed by atoms with Gasteiger partial charge in [0.2, 0.25) is 0 Å². The molecule has 6 heteroatoms. The molecule has 0 aliphatic heterocycles. The van der Waals surface area contributed by atoms with Crippen LogP contribution in [0.2, 0.25) is 0 Å². The second kappa shape index (κ2) is 8.30. The molecule has 1 aromatic heterocycles. The van der Waals surface area contributed by atoms with Crippen LogP contribution in [0.25, 0.3) is 16.3 Å². The molecule has 0 saturated carbocycles. The summed E-state index contributed by atoms with van der Waals surface area (Å²) in [7, 11) is 0. The van der Waals surface area contributed by atoms with E-state index in [1.807, 2.05) is 60.7 Å². The number of hydrogen-bond acceptors (Lipinski definition) is 5. The van der Waals surface area contributed by atoms with Crippen LogP contribution >= 0.6 is 11.3 Å². The van der Waals surface area contributed by atoms with Gasteiger partial charge in [0.15, 0.2) is 5.13 Å². The minimum Gasteiger partial charge on any atom is -0.445 e. The number of hydrogen-bond donors (Lipinski definition) is 2. The molecule has 3 N–H and O–H groups in total. The number of ether oxygens (including phenoxy) is 1. The van der Waals surface area contributed by atoms with Crippen molar-refractivity contribution in [2.75, 3.05) is 12.3 Å². The van der Waals surface area contributed by atoms with Gasteiger partial charge >= 0.3 is 6.09 Å². The molecule has 0 unspecified atom stereocenters. The molecule has 0 radical (unpaired) electrons. The number of benzene rings is 2. The third kappa shape index (κ3) is 5.06. The summed E-state index contributed by atoms with van der Waals surface area (Å²) in [6.45, 7) is 0.801. The highest BCUT2D eigenvalue weighted by Gasteiger charge is 2.02. The highest BCUT2D eigenvalue weighted by molar-refractivity contribution is 7.22. The first-order chi connectivity index (χ1) is 12.2. The standard InChI is InChI=1S/C19H19N3O2S/c20-18-22-16-12-14(9-10-17(16)25-18)6-4-5-11-21-19(23)24-13-15-7-2-1-3-8-15/h1-4,6-10,12H,5,11,13H2,(H2,20,22)(H,21,23). The lowest BCUT2D eigenvalue weighted by molar-refractivity contribution is 0.140. The highest BCUT2D eigenvalue weighted by Crippen LogP contribution is 2.24. The Morgan fingerprint density at radius 1 is 1.24 bits per heavy atom. The molecular weight excluding hydrogens is 334 g/mol. The first-order valence-electron chi connectivity index (χ1n) is 7.98. The number of nitrogen functional groups attached to an aromatic ring is 1. The number of carbonyl (C=O) groups excluding carboxylic acids is 1. The summed E-state index contributed by atoms with van der Waals surface area (Å²) in [5.74, 6) is 0. The van der Waals surface area contributed by atoms with E-state index in [0.717, 1.165) is 27.8 Å². The molecule has 1 amide bonds. The van der Waals surface area contributed by atoms with Gasteiger partial charge in [-0.15, -0.1) is 0 Å². The number of anilines is 1. The Labute approximate surface area is 150 Å². The fourth-order valence-corrected chi connectivity index (χ4v) is 3.03. The molecule has 2 aromatic carbocycles. The third-order valence-electron chi connectivity index (χ3n) is 3.53. The van der Waals surface area contributed by atoms with E-state index in [1.165, 1.54) is 11.3 Å². The van der Waals surface area contributed by atoms with E-state index in [9.17, 15) is 4.79 Å². The molecule has 0 bridgehead atoms. The number of aromatic nitrogens is 1. The molecular formula is C19H19N3O2S. The van der Waals surface area contributed by atoms with E-state index in [0.29, 0.717) is 11.7 Å². The predicted molar refractivity (Wildman–Crippen MR) is 102 cm³/mol. The lowest BCUT2D eigenvalue weighted by Gasteiger charge is -2.05. The fraction of sp³-hybridized carbons (Fsp3) is 0.158. The van der Waals surface area contributed by atoms with Gasteiger partial charge in [0.05, 0.1) is 10.2 Å². The van der Waals surface area contributed by atoms with Gasteiger partial charge in [0, 0.05) is 6.54 Å². The maximum Gasteiger partial charge on any atom is 0.407 e. The molecule has 0 aliphatic rings. The van der Waals surface area contributed by atoms with Gasteiger partial charge in [0.25, 0.3) is 0 Å². The zero-order valence-corrected chi connectivity index (χ0v) is 14.5. The van der Waals surface area contributed by atoms with Gasteiger partial charge in [0.1, 0.15) is 6.61 Å². The van der Waals surface area contributed by atoms with E-state index in [4.69, 9.17) is 10.5 Å². The van der Waals surface area contributed by atoms with Crippen molar-refractivity contribution >= 4 is 38.9 Å². The predicted octanol–water partition coefficient (Wildman–Crippen LogP) is 4.21. The number of nitrogens with two attached hydrogens (primary N) is 1. The van der Waals surface area contributed by atoms with Crippen molar-refractivity contribution in [3.05, 3.63) is 65.7 Å². The monoisotopic (exact) mass is 353 g/mol. The summed E-state index contributed by atoms with van der Waals surface area (Å²) in [4.78, 5) is 15.9. The van der Waals surface area contributed by atoms with Crippen LogP contribution in [-0.2, 0) is 11.3 Å². The number of carbonyl (C=O) groups is 1. The van der Waals surface area contributed by atoms with Gasteiger partial charge in [-0.25, -0.2) is 9.78 Å². The zero-order valence-electron chi connectivity index (χ0n) is 13.6. The molecule has 0 saturated heterocycles. The fourth-order valence-electron chi connectivity index (χ4n) is 2.32. The smallest absolute Gasteiger partial charge is 0.407 e. The van der Waals surface area contributed by atoms with Gasteiger partial charge in [-0.1, -0.05) is 59.9 Å². The summed E-state index contributed by atoms with van der Waals surface area (Å²) in [5, 5.41) is 3.31. The van der Waals surface area contributed by atoms with Gasteiger partial charge < -0.3 is 15.8 Å². The summed E-state index contributed by atoms with van der Waals surface area (Å²) >= 11 is 1.48. The van der Waals surface area contributed by atoms with Crippen LogP contribution < -0.4 is 11.1 Å². The summed E-state index contributed by atoms with van der Waals surface area (Å²) in [6, 6.07) is 15.6. The summed E-state index contributed by atoms with van der Waals surface area (Å²) in [6.07, 6.45) is 4.33. The number of thiazole rings is 1. The average Bonchev–Trinajstić information content (AvgIpc) is 3.00. The molecule has 0 fully saturated rings. The Morgan fingerprint density at radius 3 is 2.92 bits per heavy atom. The van der Waals surface area contributed by atoms with Crippen LogP contribution in [0.1, 0.15) is 17.5 Å². The van der Waals surface area contributed by atoms with E-state index < -0.39 is 6.09 Å². The van der Waals surface area contributed by atoms with Crippen LogP contribution in [0, 0.1) is 0 Å². The van der Waals surface area contributed by atoms with Gasteiger partial charge in [-0.3, -0.25) is 0 Å². The molecule has 3 aromatic rings.